The van der Waals surface area contributed by atoms with Crippen LogP contribution in [0, 0.1) is 12.7 Å². The fourth-order valence-electron chi connectivity index (χ4n) is 1.99. The maximum absolute atomic E-state index is 12.9. The normalized spacial score (nSPS) is 10.2. The molecular weight excluding hydrogens is 259 g/mol. The molecule has 2 aromatic carbocycles. The van der Waals surface area contributed by atoms with Crippen LogP contribution in [-0.4, -0.2) is 18.9 Å². The fraction of sp³-hybridized carbons (Fsp3) is 0.125. The number of carbonyl (C=O) groups is 2. The smallest absolute Gasteiger partial charge is 0.338 e. The standard InChI is InChI=1S/C16H13FO3/c1-10-4-3-5-13(14(10)16(19)20-2)15(18)11-6-8-12(17)9-7-11/h3-9H,1-2H3. The molecule has 0 fully saturated rings. The van der Waals surface area contributed by atoms with Gasteiger partial charge >= 0.3 is 5.97 Å². The van der Waals surface area contributed by atoms with Gasteiger partial charge in [0.15, 0.2) is 5.78 Å². The van der Waals surface area contributed by atoms with Gasteiger partial charge < -0.3 is 4.74 Å². The van der Waals surface area contributed by atoms with Crippen molar-refractivity contribution in [2.75, 3.05) is 7.11 Å². The fourth-order valence-corrected chi connectivity index (χ4v) is 1.99. The van der Waals surface area contributed by atoms with Crippen LogP contribution in [0.1, 0.15) is 31.8 Å². The van der Waals surface area contributed by atoms with Crippen molar-refractivity contribution in [3.63, 3.8) is 0 Å². The van der Waals surface area contributed by atoms with Crippen LogP contribution in [0.3, 0.4) is 0 Å². The number of methoxy groups -OCH3 is 1. The maximum atomic E-state index is 12.9. The Balaban J connectivity index is 2.52. The number of ketones is 1. The summed E-state index contributed by atoms with van der Waals surface area (Å²) in [6.45, 7) is 1.73. The average molecular weight is 272 g/mol. The lowest BCUT2D eigenvalue weighted by Gasteiger charge is -2.10. The molecule has 0 amide bonds. The number of halogens is 1. The predicted octanol–water partition coefficient (Wildman–Crippen LogP) is 3.15. The number of hydrogen-bond donors (Lipinski definition) is 0. The molecule has 0 aliphatic carbocycles. The lowest BCUT2D eigenvalue weighted by atomic mass is 9.95. The third-order valence-electron chi connectivity index (χ3n) is 3.01. The minimum absolute atomic E-state index is 0.240. The van der Waals surface area contributed by atoms with Crippen LogP contribution < -0.4 is 0 Å². The molecule has 0 radical (unpaired) electrons. The highest BCUT2D eigenvalue weighted by atomic mass is 19.1. The van der Waals surface area contributed by atoms with Gasteiger partial charge in [0.2, 0.25) is 0 Å². The largest absolute Gasteiger partial charge is 0.465 e. The number of benzene rings is 2. The molecular formula is C16H13FO3. The van der Waals surface area contributed by atoms with Crippen LogP contribution in [0.2, 0.25) is 0 Å². The van der Waals surface area contributed by atoms with Crippen molar-refractivity contribution in [3.8, 4) is 0 Å². The Hall–Kier alpha value is -2.49. The van der Waals surface area contributed by atoms with Gasteiger partial charge in [0, 0.05) is 11.1 Å². The van der Waals surface area contributed by atoms with Crippen LogP contribution in [-0.2, 0) is 4.74 Å². The molecule has 0 N–H and O–H groups in total. The maximum Gasteiger partial charge on any atom is 0.338 e. The van der Waals surface area contributed by atoms with Crippen LogP contribution in [0.15, 0.2) is 42.5 Å². The summed E-state index contributed by atoms with van der Waals surface area (Å²) in [5.74, 6) is -1.32. The van der Waals surface area contributed by atoms with Gasteiger partial charge in [0.05, 0.1) is 12.7 Å². The minimum atomic E-state index is -0.562. The van der Waals surface area contributed by atoms with Crippen molar-refractivity contribution >= 4 is 11.8 Å². The van der Waals surface area contributed by atoms with Gasteiger partial charge in [-0.05, 0) is 36.8 Å². The van der Waals surface area contributed by atoms with Crippen molar-refractivity contribution in [2.24, 2.45) is 0 Å². The molecule has 0 aliphatic heterocycles. The van der Waals surface area contributed by atoms with Gasteiger partial charge in [-0.25, -0.2) is 9.18 Å². The second kappa shape index (κ2) is 5.65. The van der Waals surface area contributed by atoms with E-state index in [0.717, 1.165) is 0 Å². The zero-order valence-electron chi connectivity index (χ0n) is 11.1. The van der Waals surface area contributed by atoms with E-state index in [2.05, 4.69) is 0 Å². The molecule has 0 aromatic heterocycles. The summed E-state index contributed by atoms with van der Waals surface area (Å²) in [5.41, 5.74) is 1.47. The van der Waals surface area contributed by atoms with Gasteiger partial charge in [-0.15, -0.1) is 0 Å². The molecule has 0 saturated carbocycles. The Kier molecular flexibility index (Phi) is 3.94. The molecule has 2 aromatic rings. The molecule has 2 rings (SSSR count). The lowest BCUT2D eigenvalue weighted by Crippen LogP contribution is -2.13. The number of esters is 1. The first-order valence-electron chi connectivity index (χ1n) is 6.02. The first kappa shape index (κ1) is 13.9. The highest BCUT2D eigenvalue weighted by molar-refractivity contribution is 6.14. The number of hydrogen-bond acceptors (Lipinski definition) is 3. The number of carbonyl (C=O) groups excluding carboxylic acids is 2. The van der Waals surface area contributed by atoms with E-state index in [-0.39, 0.29) is 16.9 Å². The van der Waals surface area contributed by atoms with Gasteiger partial charge in [-0.3, -0.25) is 4.79 Å². The molecule has 0 bridgehead atoms. The third kappa shape index (κ3) is 2.59. The molecule has 102 valence electrons. The molecule has 3 nitrogen and oxygen atoms in total. The molecule has 4 heteroatoms. The molecule has 20 heavy (non-hydrogen) atoms. The van der Waals surface area contributed by atoms with Crippen LogP contribution in [0.4, 0.5) is 4.39 Å². The zero-order valence-corrected chi connectivity index (χ0v) is 11.1. The Morgan fingerprint density at radius 3 is 2.30 bits per heavy atom. The number of aryl methyl sites for hydroxylation is 1. The Morgan fingerprint density at radius 1 is 1.05 bits per heavy atom. The van der Waals surface area contributed by atoms with Gasteiger partial charge in [-0.1, -0.05) is 18.2 Å². The van der Waals surface area contributed by atoms with E-state index in [9.17, 15) is 14.0 Å². The molecule has 0 atom stereocenters. The quantitative estimate of drug-likeness (QED) is 0.636. The highest BCUT2D eigenvalue weighted by Gasteiger charge is 2.20. The second-order valence-electron chi connectivity index (χ2n) is 4.33. The highest BCUT2D eigenvalue weighted by Crippen LogP contribution is 2.19. The SMILES string of the molecule is COC(=O)c1c(C)cccc1C(=O)c1ccc(F)cc1. The Bertz CT molecular complexity index is 660. The number of rotatable bonds is 3. The van der Waals surface area contributed by atoms with Gasteiger partial charge in [0.1, 0.15) is 5.82 Å². The summed E-state index contributed by atoms with van der Waals surface area (Å²) in [6.07, 6.45) is 0. The topological polar surface area (TPSA) is 43.4 Å². The van der Waals surface area contributed by atoms with E-state index < -0.39 is 11.8 Å². The predicted molar refractivity (Wildman–Crippen MR) is 72.4 cm³/mol. The molecule has 0 heterocycles. The Labute approximate surface area is 116 Å². The third-order valence-corrected chi connectivity index (χ3v) is 3.01. The molecule has 0 aliphatic rings. The minimum Gasteiger partial charge on any atom is -0.465 e. The number of ether oxygens (including phenoxy) is 1. The van der Waals surface area contributed by atoms with Crippen molar-refractivity contribution < 1.29 is 18.7 Å². The summed E-state index contributed by atoms with van der Waals surface area (Å²) in [6, 6.07) is 10.2. The summed E-state index contributed by atoms with van der Waals surface area (Å²) in [7, 11) is 1.26. The summed E-state index contributed by atoms with van der Waals surface area (Å²) < 4.78 is 17.6. The van der Waals surface area contributed by atoms with Crippen molar-refractivity contribution in [2.45, 2.75) is 6.92 Å². The average Bonchev–Trinajstić information content (AvgIpc) is 2.46. The van der Waals surface area contributed by atoms with E-state index >= 15 is 0 Å². The summed E-state index contributed by atoms with van der Waals surface area (Å²) in [4.78, 5) is 24.2. The van der Waals surface area contributed by atoms with Crippen LogP contribution >= 0.6 is 0 Å². The first-order chi connectivity index (χ1) is 9.54. The van der Waals surface area contributed by atoms with Crippen molar-refractivity contribution in [1.29, 1.82) is 0 Å². The van der Waals surface area contributed by atoms with Crippen molar-refractivity contribution in [3.05, 3.63) is 70.5 Å². The second-order valence-corrected chi connectivity index (χ2v) is 4.33. The van der Waals surface area contributed by atoms with E-state index in [4.69, 9.17) is 4.74 Å². The van der Waals surface area contributed by atoms with E-state index in [0.29, 0.717) is 11.1 Å². The van der Waals surface area contributed by atoms with Crippen molar-refractivity contribution in [1.82, 2.24) is 0 Å². The summed E-state index contributed by atoms with van der Waals surface area (Å²) in [5, 5.41) is 0. The summed E-state index contributed by atoms with van der Waals surface area (Å²) >= 11 is 0. The molecule has 0 unspecified atom stereocenters. The molecule has 0 saturated heterocycles. The van der Waals surface area contributed by atoms with Gasteiger partial charge in [-0.2, -0.15) is 0 Å². The van der Waals surface area contributed by atoms with Crippen LogP contribution in [0.25, 0.3) is 0 Å². The zero-order chi connectivity index (χ0) is 14.7. The Morgan fingerprint density at radius 2 is 1.70 bits per heavy atom. The van der Waals surface area contributed by atoms with Gasteiger partial charge in [0.25, 0.3) is 0 Å². The van der Waals surface area contributed by atoms with E-state index in [1.165, 1.54) is 31.4 Å². The lowest BCUT2D eigenvalue weighted by molar-refractivity contribution is 0.0596. The first-order valence-corrected chi connectivity index (χ1v) is 6.02. The van der Waals surface area contributed by atoms with E-state index in [1.54, 1.807) is 25.1 Å². The molecule has 0 spiro atoms. The monoisotopic (exact) mass is 272 g/mol. The van der Waals surface area contributed by atoms with Crippen LogP contribution in [0.5, 0.6) is 0 Å². The van der Waals surface area contributed by atoms with E-state index in [1.807, 2.05) is 0 Å².